The molecule has 5 heteroatoms. The van der Waals surface area contributed by atoms with Crippen LogP contribution in [0.1, 0.15) is 19.3 Å². The zero-order valence-electron chi connectivity index (χ0n) is 9.16. The molecule has 88 valence electrons. The highest BCUT2D eigenvalue weighted by molar-refractivity contribution is 5.64. The fourth-order valence-corrected chi connectivity index (χ4v) is 2.01. The summed E-state index contributed by atoms with van der Waals surface area (Å²) in [4.78, 5) is 10.6. The Labute approximate surface area is 90.2 Å². The van der Waals surface area contributed by atoms with Gasteiger partial charge in [0.1, 0.15) is 0 Å². The van der Waals surface area contributed by atoms with Crippen LogP contribution < -0.4 is 10.6 Å². The number of amides is 1. The molecule has 3 N–H and O–H groups in total. The number of hydrogen-bond donors (Lipinski definition) is 3. The topological polar surface area (TPSA) is 70.6 Å². The van der Waals surface area contributed by atoms with Crippen molar-refractivity contribution in [2.75, 3.05) is 26.8 Å². The van der Waals surface area contributed by atoms with Gasteiger partial charge in [0.25, 0.3) is 0 Å². The molecular weight excluding hydrogens is 196 g/mol. The fraction of sp³-hybridized carbons (Fsp3) is 0.900. The lowest BCUT2D eigenvalue weighted by atomic mass is 9.94. The first-order valence-corrected chi connectivity index (χ1v) is 5.44. The number of ether oxygens (including phenoxy) is 1. The second-order valence-corrected chi connectivity index (χ2v) is 4.02. The minimum atomic E-state index is -0.952. The third-order valence-electron chi connectivity index (χ3n) is 2.65. The zero-order chi connectivity index (χ0) is 11.1. The highest BCUT2D eigenvalue weighted by Crippen LogP contribution is 2.18. The number of likely N-dealkylation sites (N-methyl/N-ethyl adjacent to an activating group) is 1. The van der Waals surface area contributed by atoms with Crippen molar-refractivity contribution < 1.29 is 14.6 Å². The van der Waals surface area contributed by atoms with Crippen molar-refractivity contribution >= 4 is 6.09 Å². The van der Waals surface area contributed by atoms with E-state index in [1.165, 1.54) is 0 Å². The van der Waals surface area contributed by atoms with Gasteiger partial charge in [0, 0.05) is 25.8 Å². The van der Waals surface area contributed by atoms with Crippen LogP contribution in [-0.4, -0.2) is 44.0 Å². The molecule has 2 atom stereocenters. The van der Waals surface area contributed by atoms with E-state index in [2.05, 4.69) is 10.6 Å². The SMILES string of the molecule is CNC[C@H](CC1CCCOC1)NC(=O)O. The minimum Gasteiger partial charge on any atom is -0.465 e. The molecule has 0 aromatic carbocycles. The average molecular weight is 216 g/mol. The molecule has 0 saturated carbocycles. The van der Waals surface area contributed by atoms with Crippen molar-refractivity contribution in [3.05, 3.63) is 0 Å². The van der Waals surface area contributed by atoms with Crippen LogP contribution in [0.2, 0.25) is 0 Å². The van der Waals surface area contributed by atoms with E-state index in [0.717, 1.165) is 32.5 Å². The molecule has 1 unspecified atom stereocenters. The van der Waals surface area contributed by atoms with Crippen LogP contribution in [0.5, 0.6) is 0 Å². The Kier molecular flexibility index (Phi) is 5.42. The maximum atomic E-state index is 10.6. The van der Waals surface area contributed by atoms with E-state index in [1.54, 1.807) is 0 Å². The van der Waals surface area contributed by atoms with Crippen molar-refractivity contribution in [1.29, 1.82) is 0 Å². The molecule has 1 saturated heterocycles. The first kappa shape index (κ1) is 12.3. The maximum absolute atomic E-state index is 10.6. The lowest BCUT2D eigenvalue weighted by Crippen LogP contribution is -2.42. The van der Waals surface area contributed by atoms with Gasteiger partial charge in [-0.2, -0.15) is 0 Å². The Morgan fingerprint density at radius 2 is 2.47 bits per heavy atom. The summed E-state index contributed by atoms with van der Waals surface area (Å²) in [5.41, 5.74) is 0. The summed E-state index contributed by atoms with van der Waals surface area (Å²) in [6.45, 7) is 2.28. The molecule has 1 heterocycles. The summed E-state index contributed by atoms with van der Waals surface area (Å²) in [7, 11) is 1.83. The van der Waals surface area contributed by atoms with Crippen molar-refractivity contribution in [3.8, 4) is 0 Å². The summed E-state index contributed by atoms with van der Waals surface area (Å²) in [6.07, 6.45) is 2.13. The standard InChI is InChI=1S/C10H20N2O3/c1-11-6-9(12-10(13)14)5-8-3-2-4-15-7-8/h8-9,11-12H,2-7H2,1H3,(H,13,14)/t8?,9-/m0/s1. The van der Waals surface area contributed by atoms with Crippen LogP contribution in [-0.2, 0) is 4.74 Å². The Bertz CT molecular complexity index is 193. The van der Waals surface area contributed by atoms with Crippen LogP contribution >= 0.6 is 0 Å². The number of carbonyl (C=O) groups is 1. The molecule has 1 amide bonds. The Morgan fingerprint density at radius 1 is 1.67 bits per heavy atom. The molecule has 0 aromatic rings. The quantitative estimate of drug-likeness (QED) is 0.631. The number of hydrogen-bond acceptors (Lipinski definition) is 3. The molecule has 0 spiro atoms. The maximum Gasteiger partial charge on any atom is 0.404 e. The normalized spacial score (nSPS) is 23.4. The largest absolute Gasteiger partial charge is 0.465 e. The number of rotatable bonds is 5. The van der Waals surface area contributed by atoms with Crippen LogP contribution in [0.25, 0.3) is 0 Å². The van der Waals surface area contributed by atoms with Gasteiger partial charge in [-0.1, -0.05) is 0 Å². The molecule has 1 fully saturated rings. The molecule has 15 heavy (non-hydrogen) atoms. The third-order valence-corrected chi connectivity index (χ3v) is 2.65. The molecular formula is C10H20N2O3. The molecule has 0 bridgehead atoms. The van der Waals surface area contributed by atoms with Gasteiger partial charge >= 0.3 is 6.09 Å². The Balaban J connectivity index is 2.31. The van der Waals surface area contributed by atoms with Crippen molar-refractivity contribution in [2.24, 2.45) is 5.92 Å². The fourth-order valence-electron chi connectivity index (χ4n) is 2.01. The molecule has 5 nitrogen and oxygen atoms in total. The highest BCUT2D eigenvalue weighted by Gasteiger charge is 2.20. The van der Waals surface area contributed by atoms with E-state index in [9.17, 15) is 4.79 Å². The van der Waals surface area contributed by atoms with Crippen LogP contribution in [0, 0.1) is 5.92 Å². The van der Waals surface area contributed by atoms with Gasteiger partial charge in [0.15, 0.2) is 0 Å². The van der Waals surface area contributed by atoms with E-state index >= 15 is 0 Å². The van der Waals surface area contributed by atoms with Gasteiger partial charge in [-0.15, -0.1) is 0 Å². The second kappa shape index (κ2) is 6.63. The summed E-state index contributed by atoms with van der Waals surface area (Å²) < 4.78 is 5.37. The first-order chi connectivity index (χ1) is 7.22. The Hall–Kier alpha value is -0.810. The van der Waals surface area contributed by atoms with Gasteiger partial charge in [0.05, 0.1) is 0 Å². The first-order valence-electron chi connectivity index (χ1n) is 5.44. The van der Waals surface area contributed by atoms with Crippen molar-refractivity contribution in [1.82, 2.24) is 10.6 Å². The van der Waals surface area contributed by atoms with Crippen molar-refractivity contribution in [2.45, 2.75) is 25.3 Å². The summed E-state index contributed by atoms with van der Waals surface area (Å²) in [5.74, 6) is 0.490. The third kappa shape index (κ3) is 4.99. The van der Waals surface area contributed by atoms with Crippen LogP contribution in [0.15, 0.2) is 0 Å². The predicted octanol–water partition coefficient (Wildman–Crippen LogP) is 0.659. The lowest BCUT2D eigenvalue weighted by Gasteiger charge is -2.26. The van der Waals surface area contributed by atoms with Crippen molar-refractivity contribution in [3.63, 3.8) is 0 Å². The summed E-state index contributed by atoms with van der Waals surface area (Å²) in [6, 6.07) is -0.0146. The van der Waals surface area contributed by atoms with Crippen LogP contribution in [0.4, 0.5) is 4.79 Å². The molecule has 0 aliphatic carbocycles. The summed E-state index contributed by atoms with van der Waals surface area (Å²) in [5, 5.41) is 14.2. The van der Waals surface area contributed by atoms with Gasteiger partial charge < -0.3 is 20.5 Å². The average Bonchev–Trinajstić information content (AvgIpc) is 2.18. The predicted molar refractivity (Wildman–Crippen MR) is 57.0 cm³/mol. The van der Waals surface area contributed by atoms with E-state index < -0.39 is 6.09 Å². The molecule has 0 radical (unpaired) electrons. The van der Waals surface area contributed by atoms with Crippen LogP contribution in [0.3, 0.4) is 0 Å². The van der Waals surface area contributed by atoms with Gasteiger partial charge in [-0.05, 0) is 32.2 Å². The summed E-state index contributed by atoms with van der Waals surface area (Å²) >= 11 is 0. The number of nitrogens with one attached hydrogen (secondary N) is 2. The monoisotopic (exact) mass is 216 g/mol. The second-order valence-electron chi connectivity index (χ2n) is 4.02. The number of carboxylic acid groups (broad SMARTS) is 1. The minimum absolute atomic E-state index is 0.0146. The van der Waals surface area contributed by atoms with Gasteiger partial charge in [-0.25, -0.2) is 4.79 Å². The molecule has 1 aliphatic rings. The van der Waals surface area contributed by atoms with Gasteiger partial charge in [-0.3, -0.25) is 0 Å². The molecule has 1 rings (SSSR count). The van der Waals surface area contributed by atoms with E-state index in [4.69, 9.17) is 9.84 Å². The highest BCUT2D eigenvalue weighted by atomic mass is 16.5. The zero-order valence-corrected chi connectivity index (χ0v) is 9.16. The smallest absolute Gasteiger partial charge is 0.404 e. The Morgan fingerprint density at radius 3 is 3.00 bits per heavy atom. The molecule has 1 aliphatic heterocycles. The van der Waals surface area contributed by atoms with Gasteiger partial charge in [0.2, 0.25) is 0 Å². The van der Waals surface area contributed by atoms with E-state index in [1.807, 2.05) is 7.05 Å². The molecule has 0 aromatic heterocycles. The lowest BCUT2D eigenvalue weighted by molar-refractivity contribution is 0.0476. The van der Waals surface area contributed by atoms with E-state index in [-0.39, 0.29) is 6.04 Å². The van der Waals surface area contributed by atoms with E-state index in [0.29, 0.717) is 12.5 Å².